The number of carbonyl (C=O) groups is 1. The van der Waals surface area contributed by atoms with Crippen molar-refractivity contribution in [1.82, 2.24) is 15.0 Å². The fourth-order valence-electron chi connectivity index (χ4n) is 2.32. The quantitative estimate of drug-likeness (QED) is 0.916. The predicted molar refractivity (Wildman–Crippen MR) is 73.7 cm³/mol. The molecule has 1 aliphatic heterocycles. The average Bonchev–Trinajstić information content (AvgIpc) is 3.02. The van der Waals surface area contributed by atoms with Gasteiger partial charge in [-0.1, -0.05) is 0 Å². The van der Waals surface area contributed by atoms with E-state index in [4.69, 9.17) is 0 Å². The van der Waals surface area contributed by atoms with E-state index >= 15 is 0 Å². The molecule has 3 heterocycles. The lowest BCUT2D eigenvalue weighted by molar-refractivity contribution is 0.0697. The monoisotopic (exact) mass is 270 g/mol. The van der Waals surface area contributed by atoms with Gasteiger partial charge in [-0.3, -0.25) is 4.98 Å². The van der Waals surface area contributed by atoms with Crippen LogP contribution in [0, 0.1) is 0 Å². The minimum absolute atomic E-state index is 0.0981. The molecule has 6 nitrogen and oxygen atoms in total. The molecule has 0 saturated carbocycles. The van der Waals surface area contributed by atoms with Crippen LogP contribution in [0.25, 0.3) is 11.3 Å². The van der Waals surface area contributed by atoms with E-state index < -0.39 is 5.97 Å². The Morgan fingerprint density at radius 3 is 2.70 bits per heavy atom. The third-order valence-electron chi connectivity index (χ3n) is 3.33. The van der Waals surface area contributed by atoms with Crippen LogP contribution in [0.1, 0.15) is 23.2 Å². The molecule has 0 spiro atoms. The topological polar surface area (TPSA) is 79.2 Å². The van der Waals surface area contributed by atoms with Crippen LogP contribution < -0.4 is 4.90 Å². The molecule has 0 aliphatic carbocycles. The maximum atomic E-state index is 11.3. The van der Waals surface area contributed by atoms with Gasteiger partial charge in [0.1, 0.15) is 5.56 Å². The Morgan fingerprint density at radius 2 is 2.05 bits per heavy atom. The van der Waals surface area contributed by atoms with Crippen molar-refractivity contribution in [3.8, 4) is 11.3 Å². The highest BCUT2D eigenvalue weighted by molar-refractivity contribution is 5.94. The summed E-state index contributed by atoms with van der Waals surface area (Å²) in [4.78, 5) is 26.0. The summed E-state index contributed by atoms with van der Waals surface area (Å²) < 4.78 is 0. The van der Waals surface area contributed by atoms with Gasteiger partial charge in [0.2, 0.25) is 5.95 Å². The molecular weight excluding hydrogens is 256 g/mol. The Kier molecular flexibility index (Phi) is 3.28. The van der Waals surface area contributed by atoms with Crippen molar-refractivity contribution in [3.63, 3.8) is 0 Å². The fourth-order valence-corrected chi connectivity index (χ4v) is 2.32. The molecule has 1 aliphatic rings. The van der Waals surface area contributed by atoms with E-state index in [0.29, 0.717) is 17.2 Å². The number of aromatic carboxylic acids is 1. The van der Waals surface area contributed by atoms with Crippen LogP contribution in [-0.2, 0) is 0 Å². The summed E-state index contributed by atoms with van der Waals surface area (Å²) >= 11 is 0. The van der Waals surface area contributed by atoms with Crippen LogP contribution in [-0.4, -0.2) is 39.1 Å². The average molecular weight is 270 g/mol. The summed E-state index contributed by atoms with van der Waals surface area (Å²) in [6.45, 7) is 1.83. The third-order valence-corrected chi connectivity index (χ3v) is 3.33. The first kappa shape index (κ1) is 12.5. The normalized spacial score (nSPS) is 14.5. The van der Waals surface area contributed by atoms with E-state index in [1.807, 2.05) is 0 Å². The standard InChI is InChI=1S/C14H14N4O2/c19-13(20)11-9-16-14(18-6-1-2-7-18)17-12(11)10-4-3-5-15-8-10/h3-5,8-9H,1-2,6-7H2,(H,19,20). The summed E-state index contributed by atoms with van der Waals surface area (Å²) in [5, 5.41) is 9.27. The van der Waals surface area contributed by atoms with Crippen molar-refractivity contribution in [2.75, 3.05) is 18.0 Å². The molecule has 0 bridgehead atoms. The molecule has 0 aromatic carbocycles. The maximum Gasteiger partial charge on any atom is 0.339 e. The highest BCUT2D eigenvalue weighted by Crippen LogP contribution is 2.24. The zero-order chi connectivity index (χ0) is 13.9. The van der Waals surface area contributed by atoms with Crippen LogP contribution in [0.3, 0.4) is 0 Å². The van der Waals surface area contributed by atoms with Gasteiger partial charge in [0.05, 0.1) is 5.69 Å². The summed E-state index contributed by atoms with van der Waals surface area (Å²) in [6.07, 6.45) is 6.87. The van der Waals surface area contributed by atoms with Crippen molar-refractivity contribution >= 4 is 11.9 Å². The predicted octanol–water partition coefficient (Wildman–Crippen LogP) is 1.84. The van der Waals surface area contributed by atoms with Gasteiger partial charge in [0.15, 0.2) is 0 Å². The van der Waals surface area contributed by atoms with Gasteiger partial charge >= 0.3 is 5.97 Å². The van der Waals surface area contributed by atoms with Crippen LogP contribution in [0.4, 0.5) is 5.95 Å². The van der Waals surface area contributed by atoms with Gasteiger partial charge in [-0.25, -0.2) is 14.8 Å². The van der Waals surface area contributed by atoms with E-state index in [9.17, 15) is 9.90 Å². The molecule has 102 valence electrons. The van der Waals surface area contributed by atoms with E-state index in [1.54, 1.807) is 24.5 Å². The van der Waals surface area contributed by atoms with Gasteiger partial charge in [0, 0.05) is 37.2 Å². The Morgan fingerprint density at radius 1 is 1.25 bits per heavy atom. The van der Waals surface area contributed by atoms with Crippen LogP contribution >= 0.6 is 0 Å². The van der Waals surface area contributed by atoms with Crippen LogP contribution in [0.15, 0.2) is 30.7 Å². The zero-order valence-corrected chi connectivity index (χ0v) is 10.9. The number of carboxylic acid groups (broad SMARTS) is 1. The van der Waals surface area contributed by atoms with Crippen LogP contribution in [0.5, 0.6) is 0 Å². The lowest BCUT2D eigenvalue weighted by atomic mass is 10.1. The molecule has 2 aromatic rings. The van der Waals surface area contributed by atoms with E-state index in [2.05, 4.69) is 19.9 Å². The largest absolute Gasteiger partial charge is 0.478 e. The molecule has 1 saturated heterocycles. The number of nitrogens with zero attached hydrogens (tertiary/aromatic N) is 4. The Balaban J connectivity index is 2.08. The number of carboxylic acids is 1. The molecule has 6 heteroatoms. The Hall–Kier alpha value is -2.50. The van der Waals surface area contributed by atoms with Gasteiger partial charge in [-0.2, -0.15) is 0 Å². The molecule has 0 atom stereocenters. The molecule has 1 fully saturated rings. The van der Waals surface area contributed by atoms with Crippen molar-refractivity contribution in [2.24, 2.45) is 0 Å². The van der Waals surface area contributed by atoms with E-state index in [-0.39, 0.29) is 5.56 Å². The lowest BCUT2D eigenvalue weighted by Crippen LogP contribution is -2.21. The highest BCUT2D eigenvalue weighted by atomic mass is 16.4. The first-order valence-corrected chi connectivity index (χ1v) is 6.51. The van der Waals surface area contributed by atoms with E-state index in [1.165, 1.54) is 6.20 Å². The maximum absolute atomic E-state index is 11.3. The minimum Gasteiger partial charge on any atom is -0.478 e. The van der Waals surface area contributed by atoms with Crippen molar-refractivity contribution in [3.05, 3.63) is 36.3 Å². The van der Waals surface area contributed by atoms with Gasteiger partial charge in [-0.05, 0) is 25.0 Å². The second kappa shape index (κ2) is 5.24. The van der Waals surface area contributed by atoms with Crippen molar-refractivity contribution in [2.45, 2.75) is 12.8 Å². The van der Waals surface area contributed by atoms with E-state index in [0.717, 1.165) is 25.9 Å². The number of anilines is 1. The summed E-state index contributed by atoms with van der Waals surface area (Å²) in [5.74, 6) is -0.442. The van der Waals surface area contributed by atoms with Gasteiger partial charge in [-0.15, -0.1) is 0 Å². The van der Waals surface area contributed by atoms with Crippen molar-refractivity contribution < 1.29 is 9.90 Å². The molecule has 2 aromatic heterocycles. The minimum atomic E-state index is -1.03. The Bertz CT molecular complexity index is 624. The summed E-state index contributed by atoms with van der Waals surface area (Å²) in [7, 11) is 0. The number of pyridine rings is 1. The zero-order valence-electron chi connectivity index (χ0n) is 10.9. The van der Waals surface area contributed by atoms with Crippen LogP contribution in [0.2, 0.25) is 0 Å². The molecular formula is C14H14N4O2. The number of aromatic nitrogens is 3. The van der Waals surface area contributed by atoms with Crippen molar-refractivity contribution in [1.29, 1.82) is 0 Å². The smallest absolute Gasteiger partial charge is 0.339 e. The molecule has 0 amide bonds. The molecule has 3 rings (SSSR count). The molecule has 0 radical (unpaired) electrons. The molecule has 0 unspecified atom stereocenters. The molecule has 20 heavy (non-hydrogen) atoms. The second-order valence-electron chi connectivity index (χ2n) is 4.67. The SMILES string of the molecule is O=C(O)c1cnc(N2CCCC2)nc1-c1cccnc1. The lowest BCUT2D eigenvalue weighted by Gasteiger charge is -2.16. The third kappa shape index (κ3) is 2.32. The number of hydrogen-bond donors (Lipinski definition) is 1. The molecule has 1 N–H and O–H groups in total. The Labute approximate surface area is 116 Å². The number of hydrogen-bond acceptors (Lipinski definition) is 5. The van der Waals surface area contributed by atoms with Gasteiger partial charge < -0.3 is 10.0 Å². The fraction of sp³-hybridized carbons (Fsp3) is 0.286. The summed E-state index contributed by atoms with van der Waals surface area (Å²) in [6, 6.07) is 3.56. The first-order valence-electron chi connectivity index (χ1n) is 6.51. The highest BCUT2D eigenvalue weighted by Gasteiger charge is 2.20. The second-order valence-corrected chi connectivity index (χ2v) is 4.67. The number of rotatable bonds is 3. The summed E-state index contributed by atoms with van der Waals surface area (Å²) in [5.41, 5.74) is 1.20. The first-order chi connectivity index (χ1) is 9.75. The van der Waals surface area contributed by atoms with Gasteiger partial charge in [0.25, 0.3) is 0 Å².